The zero-order valence-corrected chi connectivity index (χ0v) is 12.0. The molecule has 5 heteroatoms. The van der Waals surface area contributed by atoms with E-state index in [2.05, 4.69) is 11.5 Å². The van der Waals surface area contributed by atoms with Crippen molar-refractivity contribution >= 4 is 17.4 Å². The minimum Gasteiger partial charge on any atom is -0.396 e. The predicted octanol–water partition coefficient (Wildman–Crippen LogP) is 1.71. The number of hydrogen-bond acceptors (Lipinski definition) is 4. The molecule has 22 heavy (non-hydrogen) atoms. The summed E-state index contributed by atoms with van der Waals surface area (Å²) in [7, 11) is 0. The number of rotatable bonds is 5. The van der Waals surface area contributed by atoms with Crippen LogP contribution in [-0.2, 0) is 16.0 Å². The number of benzene rings is 1. The molecule has 0 bridgehead atoms. The molecule has 0 saturated heterocycles. The lowest BCUT2D eigenvalue weighted by Gasteiger charge is -2.20. The number of carbonyl (C=O) groups is 2. The number of allylic oxidation sites excluding steroid dienone is 2. The summed E-state index contributed by atoms with van der Waals surface area (Å²) in [6.07, 6.45) is 3.16. The first-order valence-electron chi connectivity index (χ1n) is 6.71. The third-order valence-corrected chi connectivity index (χ3v) is 3.18. The fourth-order valence-corrected chi connectivity index (χ4v) is 2.12. The molecule has 1 aliphatic carbocycles. The molecule has 0 spiro atoms. The Balaban J connectivity index is 2.35. The number of ketones is 1. The van der Waals surface area contributed by atoms with Gasteiger partial charge in [0.25, 0.3) is 5.91 Å². The molecule has 1 aliphatic rings. The van der Waals surface area contributed by atoms with E-state index >= 15 is 0 Å². The number of hydrogen-bond donors (Lipinski definition) is 2. The Kier molecular flexibility index (Phi) is 4.89. The van der Waals surface area contributed by atoms with Gasteiger partial charge in [0.1, 0.15) is 0 Å². The molecule has 1 aromatic carbocycles. The second-order valence-electron chi connectivity index (χ2n) is 4.67. The SMILES string of the molecule is CC(=O)C1=C=C=CC=C1C(=O)N(O)c1ccccc1CCO. The lowest BCUT2D eigenvalue weighted by Crippen LogP contribution is -2.31. The quantitative estimate of drug-likeness (QED) is 0.493. The number of aliphatic hydroxyl groups is 1. The first-order chi connectivity index (χ1) is 10.6. The van der Waals surface area contributed by atoms with Crippen LogP contribution >= 0.6 is 0 Å². The summed E-state index contributed by atoms with van der Waals surface area (Å²) in [5.41, 5.74) is 6.22. The van der Waals surface area contributed by atoms with Crippen LogP contribution in [-0.4, -0.2) is 28.6 Å². The number of aliphatic hydroxyl groups excluding tert-OH is 1. The molecule has 0 aliphatic heterocycles. The lowest BCUT2D eigenvalue weighted by molar-refractivity contribution is -0.120. The molecule has 2 N–H and O–H groups in total. The molecule has 0 unspecified atom stereocenters. The third-order valence-electron chi connectivity index (χ3n) is 3.18. The zero-order chi connectivity index (χ0) is 16.1. The van der Waals surface area contributed by atoms with E-state index in [0.29, 0.717) is 17.0 Å². The molecule has 5 nitrogen and oxygen atoms in total. The van der Waals surface area contributed by atoms with Crippen molar-refractivity contribution in [3.8, 4) is 0 Å². The number of hydroxylamine groups is 1. The Morgan fingerprint density at radius 1 is 1.27 bits per heavy atom. The van der Waals surface area contributed by atoms with Gasteiger partial charge in [0, 0.05) is 6.61 Å². The van der Waals surface area contributed by atoms with Gasteiger partial charge >= 0.3 is 0 Å². The van der Waals surface area contributed by atoms with Crippen molar-refractivity contribution in [3.05, 3.63) is 64.6 Å². The Bertz CT molecular complexity index is 748. The summed E-state index contributed by atoms with van der Waals surface area (Å²) in [5.74, 6) is -1.07. The maximum absolute atomic E-state index is 12.5. The molecular formula is C17H15NO4. The average Bonchev–Trinajstić information content (AvgIpc) is 2.54. The zero-order valence-electron chi connectivity index (χ0n) is 12.0. The maximum Gasteiger partial charge on any atom is 0.283 e. The van der Waals surface area contributed by atoms with Gasteiger partial charge in [-0.2, -0.15) is 5.06 Å². The van der Waals surface area contributed by atoms with E-state index in [1.165, 1.54) is 19.1 Å². The number of Topliss-reactive ketones (excluding diaryl/α,β-unsaturated/α-hetero) is 1. The minimum atomic E-state index is -0.735. The molecule has 2 rings (SSSR count). The smallest absolute Gasteiger partial charge is 0.283 e. The van der Waals surface area contributed by atoms with Crippen LogP contribution in [0.3, 0.4) is 0 Å². The van der Waals surface area contributed by atoms with Crippen molar-refractivity contribution in [2.45, 2.75) is 13.3 Å². The summed E-state index contributed by atoms with van der Waals surface area (Å²) in [6, 6.07) is 6.69. The van der Waals surface area contributed by atoms with Crippen LogP contribution in [0.25, 0.3) is 0 Å². The average molecular weight is 297 g/mol. The van der Waals surface area contributed by atoms with Gasteiger partial charge in [-0.3, -0.25) is 14.8 Å². The van der Waals surface area contributed by atoms with Crippen LogP contribution in [0.4, 0.5) is 5.69 Å². The Morgan fingerprint density at radius 2 is 2.00 bits per heavy atom. The molecular weight excluding hydrogens is 282 g/mol. The first kappa shape index (κ1) is 15.7. The van der Waals surface area contributed by atoms with E-state index in [1.807, 2.05) is 0 Å². The summed E-state index contributed by atoms with van der Waals surface area (Å²) in [6.45, 7) is 1.21. The highest BCUT2D eigenvalue weighted by molar-refractivity contribution is 6.15. The van der Waals surface area contributed by atoms with E-state index in [9.17, 15) is 14.8 Å². The summed E-state index contributed by atoms with van der Waals surface area (Å²) in [5, 5.41) is 19.8. The van der Waals surface area contributed by atoms with Crippen LogP contribution in [0.2, 0.25) is 0 Å². The van der Waals surface area contributed by atoms with Crippen molar-refractivity contribution in [1.82, 2.24) is 0 Å². The molecule has 1 aromatic rings. The fraction of sp³-hybridized carbons (Fsp3) is 0.176. The maximum atomic E-state index is 12.5. The van der Waals surface area contributed by atoms with Crippen LogP contribution in [0.15, 0.2) is 59.0 Å². The third kappa shape index (κ3) is 3.14. The molecule has 0 fully saturated rings. The first-order valence-corrected chi connectivity index (χ1v) is 6.71. The summed E-state index contributed by atoms with van der Waals surface area (Å²) >= 11 is 0. The van der Waals surface area contributed by atoms with Gasteiger partial charge in [-0.1, -0.05) is 29.7 Å². The lowest BCUT2D eigenvalue weighted by atomic mass is 10.00. The fourth-order valence-electron chi connectivity index (χ4n) is 2.12. The van der Waals surface area contributed by atoms with Gasteiger partial charge < -0.3 is 5.11 Å². The number of nitrogens with zero attached hydrogens (tertiary/aromatic N) is 1. The molecule has 0 saturated carbocycles. The molecule has 0 radical (unpaired) electrons. The van der Waals surface area contributed by atoms with Crippen molar-refractivity contribution in [3.63, 3.8) is 0 Å². The van der Waals surface area contributed by atoms with Crippen LogP contribution in [0, 0.1) is 0 Å². The number of para-hydroxylation sites is 1. The van der Waals surface area contributed by atoms with Crippen molar-refractivity contribution in [1.29, 1.82) is 0 Å². The van der Waals surface area contributed by atoms with Crippen LogP contribution < -0.4 is 5.06 Å². The molecule has 0 aromatic heterocycles. The summed E-state index contributed by atoms with van der Waals surface area (Å²) < 4.78 is 0. The van der Waals surface area contributed by atoms with E-state index in [4.69, 9.17) is 5.11 Å². The molecule has 112 valence electrons. The standard InChI is InChI=1S/C17H15NO4/c1-12(20)14-7-3-4-8-15(14)17(21)18(22)16-9-5-2-6-13(16)10-11-19/h2,4-6,8-9,19,22H,10-11H2,1H3. The highest BCUT2D eigenvalue weighted by atomic mass is 16.5. The van der Waals surface area contributed by atoms with E-state index in [0.717, 1.165) is 0 Å². The Hall–Kier alpha value is -2.68. The van der Waals surface area contributed by atoms with Crippen LogP contribution in [0.1, 0.15) is 12.5 Å². The highest BCUT2D eigenvalue weighted by Gasteiger charge is 2.25. The molecule has 0 heterocycles. The largest absolute Gasteiger partial charge is 0.396 e. The van der Waals surface area contributed by atoms with Gasteiger partial charge in [0.2, 0.25) is 0 Å². The number of carbonyl (C=O) groups excluding carboxylic acids is 2. The van der Waals surface area contributed by atoms with Gasteiger partial charge in [0.05, 0.1) is 16.8 Å². The number of amides is 1. The van der Waals surface area contributed by atoms with Crippen molar-refractivity contribution in [2.75, 3.05) is 11.7 Å². The minimum absolute atomic E-state index is 0.0487. The Labute approximate surface area is 127 Å². The second kappa shape index (κ2) is 6.85. The number of anilines is 1. The van der Waals surface area contributed by atoms with E-state index < -0.39 is 5.91 Å². The van der Waals surface area contributed by atoms with Gasteiger partial charge in [0.15, 0.2) is 5.78 Å². The summed E-state index contributed by atoms with van der Waals surface area (Å²) in [4.78, 5) is 24.0. The van der Waals surface area contributed by atoms with Crippen molar-refractivity contribution in [2.24, 2.45) is 0 Å². The van der Waals surface area contributed by atoms with Crippen LogP contribution in [0.5, 0.6) is 0 Å². The monoisotopic (exact) mass is 297 g/mol. The Morgan fingerprint density at radius 3 is 2.68 bits per heavy atom. The van der Waals surface area contributed by atoms with Gasteiger partial charge in [-0.05, 0) is 37.1 Å². The van der Waals surface area contributed by atoms with Crippen molar-refractivity contribution < 1.29 is 19.9 Å². The molecule has 1 amide bonds. The van der Waals surface area contributed by atoms with Gasteiger partial charge in [-0.25, -0.2) is 0 Å². The molecule has 0 atom stereocenters. The van der Waals surface area contributed by atoms with E-state index in [-0.39, 0.29) is 29.2 Å². The van der Waals surface area contributed by atoms with Gasteiger partial charge in [-0.15, -0.1) is 0 Å². The second-order valence-corrected chi connectivity index (χ2v) is 4.67. The van der Waals surface area contributed by atoms with E-state index in [1.54, 1.807) is 24.3 Å². The predicted molar refractivity (Wildman–Crippen MR) is 80.4 cm³/mol. The highest BCUT2D eigenvalue weighted by Crippen LogP contribution is 2.23. The topological polar surface area (TPSA) is 77.8 Å². The normalized spacial score (nSPS) is 12.7.